The number of rotatable bonds is 8. The van der Waals surface area contributed by atoms with Gasteiger partial charge in [0.1, 0.15) is 5.01 Å². The summed E-state index contributed by atoms with van der Waals surface area (Å²) in [6, 6.07) is 8.42. The molecular formula is C22H34N4OS. The summed E-state index contributed by atoms with van der Waals surface area (Å²) in [5.74, 6) is 1.27. The van der Waals surface area contributed by atoms with Crippen molar-refractivity contribution < 1.29 is 4.74 Å². The molecule has 0 aliphatic carbocycles. The minimum absolute atomic E-state index is 0.137. The molecule has 2 aromatic rings. The average Bonchev–Trinajstić information content (AvgIpc) is 3.11. The second-order valence-electron chi connectivity index (χ2n) is 8.09. The zero-order valence-corrected chi connectivity index (χ0v) is 18.8. The number of ether oxygens (including phenoxy) is 1. The monoisotopic (exact) mass is 402 g/mol. The maximum atomic E-state index is 5.87. The second-order valence-corrected chi connectivity index (χ2v) is 9.03. The van der Waals surface area contributed by atoms with Gasteiger partial charge in [-0.25, -0.2) is 9.98 Å². The van der Waals surface area contributed by atoms with Crippen molar-refractivity contribution in [2.45, 2.75) is 72.8 Å². The SMILES string of the molecule is CCNC(=NCc1cccc(COC(C)(C)C)c1)NCc1nc(C(C)C)cs1. The summed E-state index contributed by atoms with van der Waals surface area (Å²) < 4.78 is 5.87. The molecule has 1 aromatic carbocycles. The first kappa shape index (κ1) is 22.4. The third kappa shape index (κ3) is 7.98. The van der Waals surface area contributed by atoms with E-state index < -0.39 is 0 Å². The van der Waals surface area contributed by atoms with Crippen LogP contribution >= 0.6 is 11.3 Å². The van der Waals surface area contributed by atoms with Crippen LogP contribution in [0.4, 0.5) is 0 Å². The highest BCUT2D eigenvalue weighted by molar-refractivity contribution is 7.09. The summed E-state index contributed by atoms with van der Waals surface area (Å²) in [5.41, 5.74) is 3.35. The van der Waals surface area contributed by atoms with Crippen LogP contribution in [-0.2, 0) is 24.4 Å². The summed E-state index contributed by atoms with van der Waals surface area (Å²) in [6.45, 7) is 15.4. The van der Waals surface area contributed by atoms with Gasteiger partial charge in [0.2, 0.25) is 0 Å². The Morgan fingerprint density at radius 3 is 2.61 bits per heavy atom. The van der Waals surface area contributed by atoms with E-state index in [0.717, 1.165) is 23.2 Å². The van der Waals surface area contributed by atoms with E-state index in [1.807, 2.05) is 0 Å². The molecule has 28 heavy (non-hydrogen) atoms. The Kier molecular flexibility index (Phi) is 8.45. The van der Waals surface area contributed by atoms with E-state index in [1.165, 1.54) is 11.1 Å². The number of nitrogens with one attached hydrogen (secondary N) is 2. The van der Waals surface area contributed by atoms with E-state index in [-0.39, 0.29) is 5.60 Å². The van der Waals surface area contributed by atoms with Gasteiger partial charge in [-0.2, -0.15) is 0 Å². The van der Waals surface area contributed by atoms with Gasteiger partial charge in [-0.3, -0.25) is 0 Å². The van der Waals surface area contributed by atoms with Crippen LogP contribution in [0.2, 0.25) is 0 Å². The molecule has 6 heteroatoms. The fourth-order valence-corrected chi connectivity index (χ4v) is 3.36. The number of benzene rings is 1. The van der Waals surface area contributed by atoms with Crippen LogP contribution in [0.15, 0.2) is 34.6 Å². The van der Waals surface area contributed by atoms with Gasteiger partial charge in [-0.05, 0) is 44.7 Å². The predicted octanol–water partition coefficient (Wildman–Crippen LogP) is 4.84. The maximum Gasteiger partial charge on any atom is 0.191 e. The number of aromatic nitrogens is 1. The van der Waals surface area contributed by atoms with Crippen molar-refractivity contribution in [1.29, 1.82) is 0 Å². The molecule has 0 saturated carbocycles. The first-order valence-electron chi connectivity index (χ1n) is 9.95. The lowest BCUT2D eigenvalue weighted by atomic mass is 10.1. The van der Waals surface area contributed by atoms with Crippen LogP contribution in [0.1, 0.15) is 69.3 Å². The molecular weight excluding hydrogens is 368 g/mol. The average molecular weight is 403 g/mol. The second kappa shape index (κ2) is 10.6. The molecule has 1 aromatic heterocycles. The van der Waals surface area contributed by atoms with Gasteiger partial charge in [0, 0.05) is 11.9 Å². The van der Waals surface area contributed by atoms with E-state index in [2.05, 4.69) is 86.8 Å². The first-order valence-corrected chi connectivity index (χ1v) is 10.8. The highest BCUT2D eigenvalue weighted by Crippen LogP contribution is 2.17. The van der Waals surface area contributed by atoms with Crippen LogP contribution in [0.3, 0.4) is 0 Å². The van der Waals surface area contributed by atoms with Crippen molar-refractivity contribution >= 4 is 17.3 Å². The number of thiazole rings is 1. The third-order valence-corrected chi connectivity index (χ3v) is 4.86. The molecule has 0 aliphatic rings. The fraction of sp³-hybridized carbons (Fsp3) is 0.545. The van der Waals surface area contributed by atoms with Crippen molar-refractivity contribution in [3.8, 4) is 0 Å². The van der Waals surface area contributed by atoms with Crippen molar-refractivity contribution in [3.63, 3.8) is 0 Å². The topological polar surface area (TPSA) is 58.5 Å². The minimum Gasteiger partial charge on any atom is -0.371 e. The Morgan fingerprint density at radius 1 is 1.21 bits per heavy atom. The molecule has 5 nitrogen and oxygen atoms in total. The molecule has 0 atom stereocenters. The zero-order valence-electron chi connectivity index (χ0n) is 18.0. The Labute approximate surface area is 173 Å². The van der Waals surface area contributed by atoms with Crippen molar-refractivity contribution in [1.82, 2.24) is 15.6 Å². The van der Waals surface area contributed by atoms with Crippen LogP contribution < -0.4 is 10.6 Å². The van der Waals surface area contributed by atoms with E-state index >= 15 is 0 Å². The van der Waals surface area contributed by atoms with E-state index in [0.29, 0.717) is 25.6 Å². The molecule has 0 fully saturated rings. The van der Waals surface area contributed by atoms with Crippen molar-refractivity contribution in [2.24, 2.45) is 4.99 Å². The Balaban J connectivity index is 1.95. The Morgan fingerprint density at radius 2 is 1.96 bits per heavy atom. The van der Waals surface area contributed by atoms with Crippen molar-refractivity contribution in [2.75, 3.05) is 6.54 Å². The summed E-state index contributed by atoms with van der Waals surface area (Å²) >= 11 is 1.69. The highest BCUT2D eigenvalue weighted by Gasteiger charge is 2.10. The van der Waals surface area contributed by atoms with Crippen molar-refractivity contribution in [3.05, 3.63) is 51.5 Å². The van der Waals surface area contributed by atoms with E-state index in [4.69, 9.17) is 9.73 Å². The Bertz CT molecular complexity index is 762. The third-order valence-electron chi connectivity index (χ3n) is 4.00. The molecule has 0 unspecified atom stereocenters. The summed E-state index contributed by atoms with van der Waals surface area (Å²) in [5, 5.41) is 9.90. The van der Waals surface area contributed by atoms with Gasteiger partial charge in [0.05, 0.1) is 31.0 Å². The number of hydrogen-bond acceptors (Lipinski definition) is 4. The van der Waals surface area contributed by atoms with Gasteiger partial charge >= 0.3 is 0 Å². The fourth-order valence-electron chi connectivity index (χ4n) is 2.46. The molecule has 154 valence electrons. The first-order chi connectivity index (χ1) is 13.3. The molecule has 0 radical (unpaired) electrons. The lowest BCUT2D eigenvalue weighted by Gasteiger charge is -2.19. The number of guanidine groups is 1. The molecule has 0 aliphatic heterocycles. The number of hydrogen-bond donors (Lipinski definition) is 2. The molecule has 0 bridgehead atoms. The van der Waals surface area contributed by atoms with Crippen LogP contribution in [0.25, 0.3) is 0 Å². The summed E-state index contributed by atoms with van der Waals surface area (Å²) in [7, 11) is 0. The van der Waals surface area contributed by atoms with Gasteiger partial charge in [0.15, 0.2) is 5.96 Å². The van der Waals surface area contributed by atoms with Gasteiger partial charge in [0.25, 0.3) is 0 Å². The minimum atomic E-state index is -0.137. The standard InChI is InChI=1S/C22H34N4OS/c1-7-23-21(25-13-20-26-19(15-28-20)16(2)3)24-12-17-9-8-10-18(11-17)14-27-22(4,5)6/h8-11,15-16H,7,12-14H2,1-6H3,(H2,23,24,25). The largest absolute Gasteiger partial charge is 0.371 e. The predicted molar refractivity (Wildman–Crippen MR) is 119 cm³/mol. The Hall–Kier alpha value is -1.92. The summed E-state index contributed by atoms with van der Waals surface area (Å²) in [4.78, 5) is 9.39. The molecule has 1 heterocycles. The smallest absolute Gasteiger partial charge is 0.191 e. The quantitative estimate of drug-likeness (QED) is 0.490. The molecule has 2 rings (SSSR count). The van der Waals surface area contributed by atoms with Gasteiger partial charge in [-0.1, -0.05) is 38.1 Å². The van der Waals surface area contributed by atoms with E-state index in [1.54, 1.807) is 11.3 Å². The van der Waals surface area contributed by atoms with Crippen LogP contribution in [-0.4, -0.2) is 23.1 Å². The molecule has 0 amide bonds. The number of nitrogens with zero attached hydrogens (tertiary/aromatic N) is 2. The maximum absolute atomic E-state index is 5.87. The molecule has 0 saturated heterocycles. The lowest BCUT2D eigenvalue weighted by molar-refractivity contribution is -0.0149. The van der Waals surface area contributed by atoms with Gasteiger partial charge < -0.3 is 15.4 Å². The molecule has 0 spiro atoms. The van der Waals surface area contributed by atoms with Crippen LogP contribution in [0.5, 0.6) is 0 Å². The molecule has 2 N–H and O–H groups in total. The summed E-state index contributed by atoms with van der Waals surface area (Å²) in [6.07, 6.45) is 0. The lowest BCUT2D eigenvalue weighted by Crippen LogP contribution is -2.36. The highest BCUT2D eigenvalue weighted by atomic mass is 32.1. The zero-order chi connectivity index (χ0) is 20.6. The van der Waals surface area contributed by atoms with Gasteiger partial charge in [-0.15, -0.1) is 11.3 Å². The number of aliphatic imine (C=N–C) groups is 1. The normalized spacial score (nSPS) is 12.5. The van der Waals surface area contributed by atoms with Crippen LogP contribution in [0, 0.1) is 0 Å². The van der Waals surface area contributed by atoms with E-state index in [9.17, 15) is 0 Å².